The highest BCUT2D eigenvalue weighted by Gasteiger charge is 2.11. The van der Waals surface area contributed by atoms with Crippen molar-refractivity contribution >= 4 is 6.09 Å². The van der Waals surface area contributed by atoms with Crippen LogP contribution in [0.4, 0.5) is 4.79 Å². The number of nitrogens with zero attached hydrogens (tertiary/aromatic N) is 2. The zero-order valence-electron chi connectivity index (χ0n) is 8.99. The van der Waals surface area contributed by atoms with E-state index in [0.717, 1.165) is 4.68 Å². The molecule has 2 aromatic rings. The molecule has 0 spiro atoms. The Morgan fingerprint density at radius 3 is 2.56 bits per heavy atom. The highest BCUT2D eigenvalue weighted by molar-refractivity contribution is 5.67. The number of carbonyl (C=O) groups is 1. The number of nitrogens with one attached hydrogen (secondary N) is 1. The number of benzene rings is 1. The highest BCUT2D eigenvalue weighted by Crippen LogP contribution is 2.02. The van der Waals surface area contributed by atoms with Crippen molar-refractivity contribution < 1.29 is 9.53 Å². The fourth-order valence-corrected chi connectivity index (χ4v) is 1.29. The van der Waals surface area contributed by atoms with Gasteiger partial charge in [-0.05, 0) is 12.1 Å². The summed E-state index contributed by atoms with van der Waals surface area (Å²) in [5.41, 5.74) is 3.52. The van der Waals surface area contributed by atoms with Crippen LogP contribution in [0.15, 0.2) is 39.9 Å². The van der Waals surface area contributed by atoms with E-state index in [4.69, 9.17) is 5.73 Å². The van der Waals surface area contributed by atoms with Gasteiger partial charge in [-0.1, -0.05) is 18.2 Å². The van der Waals surface area contributed by atoms with Gasteiger partial charge in [-0.25, -0.2) is 9.59 Å². The lowest BCUT2D eigenvalue weighted by atomic mass is 10.3. The van der Waals surface area contributed by atoms with Gasteiger partial charge in [0, 0.05) is 0 Å². The van der Waals surface area contributed by atoms with Crippen molar-refractivity contribution in [1.82, 2.24) is 14.8 Å². The topological polar surface area (TPSA) is 120 Å². The van der Waals surface area contributed by atoms with E-state index >= 15 is 0 Å². The van der Waals surface area contributed by atoms with Crippen LogP contribution in [-0.4, -0.2) is 20.9 Å². The summed E-state index contributed by atoms with van der Waals surface area (Å²) in [6, 6.07) is 8.31. The van der Waals surface area contributed by atoms with E-state index in [1.54, 1.807) is 30.3 Å². The third-order valence-electron chi connectivity index (χ3n) is 2.00. The van der Waals surface area contributed by atoms with Crippen LogP contribution in [0.3, 0.4) is 0 Å². The predicted octanol–water partition coefficient (Wildman–Crippen LogP) is -0.622. The summed E-state index contributed by atoms with van der Waals surface area (Å²) in [7, 11) is 0. The van der Waals surface area contributed by atoms with Gasteiger partial charge < -0.3 is 10.5 Å². The first kappa shape index (κ1) is 11.6. The van der Waals surface area contributed by atoms with Gasteiger partial charge in [-0.3, -0.25) is 9.78 Å². The molecule has 1 heterocycles. The molecule has 92 valence electrons. The molecule has 3 N–H and O–H groups in total. The number of amides is 1. The second kappa shape index (κ2) is 4.53. The second-order valence-corrected chi connectivity index (χ2v) is 3.23. The summed E-state index contributed by atoms with van der Waals surface area (Å²) in [6.45, 7) is 0. The molecule has 0 unspecified atom stereocenters. The normalized spacial score (nSPS) is 10.0. The lowest BCUT2D eigenvalue weighted by Gasteiger charge is -2.04. The maximum absolute atomic E-state index is 11.6. The van der Waals surface area contributed by atoms with Gasteiger partial charge in [0.1, 0.15) is 0 Å². The minimum absolute atomic E-state index is 0.410. The van der Waals surface area contributed by atoms with E-state index in [9.17, 15) is 14.4 Å². The molecule has 0 saturated heterocycles. The fraction of sp³-hybridized carbons (Fsp3) is 0. The van der Waals surface area contributed by atoms with Crippen LogP contribution in [0.5, 0.6) is 5.88 Å². The molecular weight excluding hydrogens is 240 g/mol. The number of carbonyl (C=O) groups excluding carboxylic acids is 1. The van der Waals surface area contributed by atoms with Crippen LogP contribution in [0, 0.1) is 0 Å². The number of nitrogens with two attached hydrogens (primary N) is 1. The number of aromatic nitrogens is 3. The first-order chi connectivity index (χ1) is 8.58. The zero-order valence-corrected chi connectivity index (χ0v) is 8.99. The van der Waals surface area contributed by atoms with Gasteiger partial charge in [0.05, 0.1) is 5.69 Å². The summed E-state index contributed by atoms with van der Waals surface area (Å²) in [6.07, 6.45) is -1.19. The first-order valence-corrected chi connectivity index (χ1v) is 4.84. The van der Waals surface area contributed by atoms with Crippen LogP contribution in [-0.2, 0) is 0 Å². The average molecular weight is 248 g/mol. The SMILES string of the molecule is NC(=O)Oc1nn(-c2ccccc2)c(=O)[nH]c1=O. The Balaban J connectivity index is 2.59. The van der Waals surface area contributed by atoms with Crippen LogP contribution in [0.25, 0.3) is 5.69 Å². The quantitative estimate of drug-likeness (QED) is 0.733. The van der Waals surface area contributed by atoms with E-state index in [1.807, 2.05) is 4.98 Å². The number of para-hydroxylation sites is 1. The van der Waals surface area contributed by atoms with Crippen molar-refractivity contribution in [2.45, 2.75) is 0 Å². The molecule has 2 rings (SSSR count). The summed E-state index contributed by atoms with van der Waals surface area (Å²) in [4.78, 5) is 35.4. The number of hydrogen-bond acceptors (Lipinski definition) is 5. The van der Waals surface area contributed by atoms with Crippen molar-refractivity contribution in [1.29, 1.82) is 0 Å². The van der Waals surface area contributed by atoms with E-state index in [0.29, 0.717) is 5.69 Å². The van der Waals surface area contributed by atoms with E-state index in [2.05, 4.69) is 9.84 Å². The standard InChI is InChI=1S/C10H8N4O4/c11-9(16)18-8-7(15)12-10(17)14(13-8)6-4-2-1-3-5-6/h1-5H,(H2,11,16)(H,12,15,17). The summed E-state index contributed by atoms with van der Waals surface area (Å²) in [5, 5.41) is 3.62. The number of ether oxygens (including phenoxy) is 1. The summed E-state index contributed by atoms with van der Waals surface area (Å²) >= 11 is 0. The van der Waals surface area contributed by atoms with Gasteiger partial charge in [-0.2, -0.15) is 4.68 Å². The molecule has 0 aliphatic rings. The second-order valence-electron chi connectivity index (χ2n) is 3.23. The molecule has 0 bridgehead atoms. The van der Waals surface area contributed by atoms with Gasteiger partial charge in [0.25, 0.3) is 0 Å². The molecule has 0 saturated carbocycles. The van der Waals surface area contributed by atoms with Crippen molar-refractivity contribution in [2.24, 2.45) is 5.73 Å². The predicted molar refractivity (Wildman–Crippen MR) is 60.7 cm³/mol. The Morgan fingerprint density at radius 1 is 1.28 bits per heavy atom. The number of primary amides is 1. The summed E-state index contributed by atoms with van der Waals surface area (Å²) in [5.74, 6) is -0.592. The minimum atomic E-state index is -1.19. The van der Waals surface area contributed by atoms with Crippen molar-refractivity contribution in [3.8, 4) is 11.6 Å². The summed E-state index contributed by atoms with van der Waals surface area (Å²) < 4.78 is 5.27. The fourth-order valence-electron chi connectivity index (χ4n) is 1.29. The Kier molecular flexibility index (Phi) is 2.92. The van der Waals surface area contributed by atoms with E-state index < -0.39 is 23.2 Å². The number of H-pyrrole nitrogens is 1. The average Bonchev–Trinajstić information content (AvgIpc) is 2.33. The van der Waals surface area contributed by atoms with Gasteiger partial charge in [0.15, 0.2) is 0 Å². The van der Waals surface area contributed by atoms with Gasteiger partial charge in [0.2, 0.25) is 0 Å². The first-order valence-electron chi connectivity index (χ1n) is 4.84. The maximum atomic E-state index is 11.6. The smallest absolute Gasteiger partial charge is 0.384 e. The Hall–Kier alpha value is -2.90. The van der Waals surface area contributed by atoms with E-state index in [-0.39, 0.29) is 0 Å². The molecule has 1 aromatic carbocycles. The molecule has 0 aliphatic heterocycles. The molecule has 0 radical (unpaired) electrons. The maximum Gasteiger partial charge on any atom is 0.411 e. The molecule has 1 amide bonds. The molecule has 8 heteroatoms. The molecule has 8 nitrogen and oxygen atoms in total. The van der Waals surface area contributed by atoms with Gasteiger partial charge in [-0.15, -0.1) is 5.10 Å². The lowest BCUT2D eigenvalue weighted by molar-refractivity contribution is 0.207. The molecular formula is C10H8N4O4. The molecule has 0 fully saturated rings. The van der Waals surface area contributed by atoms with Crippen molar-refractivity contribution in [2.75, 3.05) is 0 Å². The zero-order chi connectivity index (χ0) is 13.1. The number of aromatic amines is 1. The van der Waals surface area contributed by atoms with Crippen molar-refractivity contribution in [3.05, 3.63) is 51.2 Å². The largest absolute Gasteiger partial charge is 0.411 e. The third-order valence-corrected chi connectivity index (χ3v) is 2.00. The molecule has 0 atom stereocenters. The number of hydrogen-bond donors (Lipinski definition) is 2. The Labute approximate surface area is 99.6 Å². The lowest BCUT2D eigenvalue weighted by Crippen LogP contribution is -2.34. The van der Waals surface area contributed by atoms with Gasteiger partial charge >= 0.3 is 23.2 Å². The van der Waals surface area contributed by atoms with Crippen LogP contribution in [0.2, 0.25) is 0 Å². The Morgan fingerprint density at radius 2 is 1.94 bits per heavy atom. The van der Waals surface area contributed by atoms with Crippen LogP contribution < -0.4 is 21.7 Å². The molecule has 1 aromatic heterocycles. The highest BCUT2D eigenvalue weighted by atomic mass is 16.6. The molecule has 18 heavy (non-hydrogen) atoms. The third kappa shape index (κ3) is 2.26. The molecule has 0 aliphatic carbocycles. The minimum Gasteiger partial charge on any atom is -0.384 e. The van der Waals surface area contributed by atoms with E-state index in [1.165, 1.54) is 0 Å². The monoisotopic (exact) mass is 248 g/mol. The van der Waals surface area contributed by atoms with Crippen LogP contribution >= 0.6 is 0 Å². The number of rotatable bonds is 2. The van der Waals surface area contributed by atoms with Crippen molar-refractivity contribution in [3.63, 3.8) is 0 Å². The van der Waals surface area contributed by atoms with Crippen LogP contribution in [0.1, 0.15) is 0 Å². The Bertz CT molecular complexity index is 689.